The zero-order valence-corrected chi connectivity index (χ0v) is 13.0. The standard InChI is InChI=1S/C18H18F2N2O2/c19-13-6-7-16(20)17(8-13)21-14-9-15(10-14)22-18(23)24-11-12-4-2-1-3-5-12/h1-8,14-15,21H,9-11H2,(H,22,23). The number of alkyl carbamates (subject to hydrolysis) is 1. The van der Waals surface area contributed by atoms with Crippen molar-refractivity contribution in [2.24, 2.45) is 0 Å². The van der Waals surface area contributed by atoms with Crippen LogP contribution in [0, 0.1) is 11.6 Å². The molecule has 0 atom stereocenters. The zero-order chi connectivity index (χ0) is 16.9. The summed E-state index contributed by atoms with van der Waals surface area (Å²) in [7, 11) is 0. The predicted molar refractivity (Wildman–Crippen MR) is 86.6 cm³/mol. The molecule has 0 heterocycles. The van der Waals surface area contributed by atoms with Crippen molar-refractivity contribution in [3.8, 4) is 0 Å². The summed E-state index contributed by atoms with van der Waals surface area (Å²) in [4.78, 5) is 11.7. The van der Waals surface area contributed by atoms with Gasteiger partial charge >= 0.3 is 6.09 Å². The van der Waals surface area contributed by atoms with Crippen molar-refractivity contribution in [3.05, 3.63) is 65.7 Å². The number of ether oxygens (including phenoxy) is 1. The second kappa shape index (κ2) is 7.29. The summed E-state index contributed by atoms with van der Waals surface area (Å²) in [5, 5.41) is 5.70. The number of rotatable bonds is 5. The van der Waals surface area contributed by atoms with Gasteiger partial charge in [0.2, 0.25) is 0 Å². The average Bonchev–Trinajstić information content (AvgIpc) is 2.55. The average molecular weight is 332 g/mol. The SMILES string of the molecule is O=C(NC1CC(Nc2cc(F)ccc2F)C1)OCc1ccccc1. The number of anilines is 1. The molecule has 1 fully saturated rings. The minimum absolute atomic E-state index is 0.000670. The molecule has 0 unspecified atom stereocenters. The summed E-state index contributed by atoms with van der Waals surface area (Å²) in [6.07, 6.45) is 0.798. The van der Waals surface area contributed by atoms with Crippen molar-refractivity contribution in [3.63, 3.8) is 0 Å². The second-order valence-electron chi connectivity index (χ2n) is 5.84. The molecule has 4 nitrogen and oxygen atoms in total. The van der Waals surface area contributed by atoms with Gasteiger partial charge in [0.15, 0.2) is 0 Å². The second-order valence-corrected chi connectivity index (χ2v) is 5.84. The fraction of sp³-hybridized carbons (Fsp3) is 0.278. The topological polar surface area (TPSA) is 50.4 Å². The number of hydrogen-bond donors (Lipinski definition) is 2. The predicted octanol–water partition coefficient (Wildman–Crippen LogP) is 3.83. The molecule has 0 aliphatic heterocycles. The number of carbonyl (C=O) groups excluding carboxylic acids is 1. The van der Waals surface area contributed by atoms with Crippen LogP contribution in [0.15, 0.2) is 48.5 Å². The zero-order valence-electron chi connectivity index (χ0n) is 13.0. The Balaban J connectivity index is 1.39. The maximum atomic E-state index is 13.5. The molecule has 0 saturated heterocycles. The monoisotopic (exact) mass is 332 g/mol. The molecule has 2 aromatic carbocycles. The quantitative estimate of drug-likeness (QED) is 0.875. The summed E-state index contributed by atoms with van der Waals surface area (Å²) < 4.78 is 31.8. The van der Waals surface area contributed by atoms with E-state index in [1.165, 1.54) is 0 Å². The minimum atomic E-state index is -0.491. The Morgan fingerprint density at radius 1 is 1.08 bits per heavy atom. The third kappa shape index (κ3) is 4.22. The highest BCUT2D eigenvalue weighted by Gasteiger charge is 2.31. The van der Waals surface area contributed by atoms with Gasteiger partial charge in [-0.25, -0.2) is 13.6 Å². The highest BCUT2D eigenvalue weighted by atomic mass is 19.1. The van der Waals surface area contributed by atoms with Gasteiger partial charge in [0.25, 0.3) is 0 Å². The molecular formula is C18H18F2N2O2. The Morgan fingerprint density at radius 3 is 2.58 bits per heavy atom. The minimum Gasteiger partial charge on any atom is -0.445 e. The highest BCUT2D eigenvalue weighted by Crippen LogP contribution is 2.26. The van der Waals surface area contributed by atoms with E-state index in [2.05, 4.69) is 10.6 Å². The lowest BCUT2D eigenvalue weighted by Gasteiger charge is -2.36. The van der Waals surface area contributed by atoms with Crippen LogP contribution in [0.3, 0.4) is 0 Å². The maximum Gasteiger partial charge on any atom is 0.407 e. The molecule has 1 saturated carbocycles. The number of nitrogens with one attached hydrogen (secondary N) is 2. The van der Waals surface area contributed by atoms with Crippen LogP contribution in [-0.2, 0) is 11.3 Å². The highest BCUT2D eigenvalue weighted by molar-refractivity contribution is 5.67. The molecule has 1 aliphatic carbocycles. The molecule has 1 aliphatic rings. The fourth-order valence-corrected chi connectivity index (χ4v) is 2.61. The number of hydrogen-bond acceptors (Lipinski definition) is 3. The van der Waals surface area contributed by atoms with Crippen LogP contribution in [0.25, 0.3) is 0 Å². The summed E-state index contributed by atoms with van der Waals surface area (Å²) in [6, 6.07) is 12.7. The third-order valence-corrected chi connectivity index (χ3v) is 3.96. The first-order chi connectivity index (χ1) is 11.6. The molecule has 2 aromatic rings. The Kier molecular flexibility index (Phi) is 4.93. The van der Waals surface area contributed by atoms with E-state index in [1.807, 2.05) is 30.3 Å². The van der Waals surface area contributed by atoms with Gasteiger partial charge in [0, 0.05) is 12.1 Å². The van der Waals surface area contributed by atoms with Gasteiger partial charge in [-0.1, -0.05) is 30.3 Å². The van der Waals surface area contributed by atoms with Gasteiger partial charge in [-0.2, -0.15) is 0 Å². The number of amides is 1. The number of carbonyl (C=O) groups is 1. The van der Waals surface area contributed by atoms with Crippen LogP contribution in [0.1, 0.15) is 18.4 Å². The van der Waals surface area contributed by atoms with Crippen LogP contribution >= 0.6 is 0 Å². The normalized spacial score (nSPS) is 19.2. The Labute approximate surface area is 138 Å². The maximum absolute atomic E-state index is 13.5. The van der Waals surface area contributed by atoms with Crippen LogP contribution in [0.5, 0.6) is 0 Å². The lowest BCUT2D eigenvalue weighted by molar-refractivity contribution is 0.129. The van der Waals surface area contributed by atoms with E-state index < -0.39 is 17.7 Å². The molecular weight excluding hydrogens is 314 g/mol. The van der Waals surface area contributed by atoms with E-state index >= 15 is 0 Å². The van der Waals surface area contributed by atoms with Crippen LogP contribution in [0.4, 0.5) is 19.3 Å². The molecule has 24 heavy (non-hydrogen) atoms. The van der Waals surface area contributed by atoms with E-state index in [0.29, 0.717) is 12.8 Å². The van der Waals surface area contributed by atoms with E-state index in [0.717, 1.165) is 23.8 Å². The van der Waals surface area contributed by atoms with Crippen molar-refractivity contribution in [1.29, 1.82) is 0 Å². The van der Waals surface area contributed by atoms with Crippen LogP contribution in [-0.4, -0.2) is 18.2 Å². The Morgan fingerprint density at radius 2 is 1.83 bits per heavy atom. The van der Waals surface area contributed by atoms with E-state index in [1.54, 1.807) is 0 Å². The van der Waals surface area contributed by atoms with E-state index in [9.17, 15) is 13.6 Å². The Bertz CT molecular complexity index is 703. The fourth-order valence-electron chi connectivity index (χ4n) is 2.61. The van der Waals surface area contributed by atoms with Gasteiger partial charge in [-0.3, -0.25) is 0 Å². The van der Waals surface area contributed by atoms with Crippen molar-refractivity contribution in [1.82, 2.24) is 5.32 Å². The third-order valence-electron chi connectivity index (χ3n) is 3.96. The van der Waals surface area contributed by atoms with Gasteiger partial charge in [0.05, 0.1) is 5.69 Å². The van der Waals surface area contributed by atoms with Crippen LogP contribution in [0.2, 0.25) is 0 Å². The molecule has 0 radical (unpaired) electrons. The molecule has 0 spiro atoms. The lowest BCUT2D eigenvalue weighted by Crippen LogP contribution is -2.49. The van der Waals surface area contributed by atoms with Gasteiger partial charge in [-0.05, 0) is 36.6 Å². The van der Waals surface area contributed by atoms with Gasteiger partial charge < -0.3 is 15.4 Å². The summed E-state index contributed by atoms with van der Waals surface area (Å²) in [5.74, 6) is -0.979. The smallest absolute Gasteiger partial charge is 0.407 e. The molecule has 6 heteroatoms. The molecule has 126 valence electrons. The molecule has 3 rings (SSSR count). The molecule has 0 bridgehead atoms. The largest absolute Gasteiger partial charge is 0.445 e. The molecule has 0 aromatic heterocycles. The number of benzene rings is 2. The summed E-state index contributed by atoms with van der Waals surface area (Å²) in [5.41, 5.74) is 1.06. The van der Waals surface area contributed by atoms with Crippen molar-refractivity contribution >= 4 is 11.8 Å². The first kappa shape index (κ1) is 16.2. The van der Waals surface area contributed by atoms with Crippen molar-refractivity contribution in [2.45, 2.75) is 31.5 Å². The molecule has 1 amide bonds. The van der Waals surface area contributed by atoms with Crippen molar-refractivity contribution in [2.75, 3.05) is 5.32 Å². The lowest BCUT2D eigenvalue weighted by atomic mass is 9.86. The van der Waals surface area contributed by atoms with Crippen LogP contribution < -0.4 is 10.6 Å². The number of halogens is 2. The van der Waals surface area contributed by atoms with Crippen molar-refractivity contribution < 1.29 is 18.3 Å². The van der Waals surface area contributed by atoms with Gasteiger partial charge in [-0.15, -0.1) is 0 Å². The first-order valence-electron chi connectivity index (χ1n) is 7.79. The summed E-state index contributed by atoms with van der Waals surface area (Å²) >= 11 is 0. The van der Waals surface area contributed by atoms with E-state index in [-0.39, 0.29) is 24.4 Å². The Hall–Kier alpha value is -2.63. The van der Waals surface area contributed by atoms with Gasteiger partial charge in [0.1, 0.15) is 18.2 Å². The first-order valence-corrected chi connectivity index (χ1v) is 7.79. The molecule has 2 N–H and O–H groups in total. The van der Waals surface area contributed by atoms with E-state index in [4.69, 9.17) is 4.74 Å². The summed E-state index contributed by atoms with van der Waals surface area (Å²) in [6.45, 7) is 0.218.